The number of ether oxygens (including phenoxy) is 2. The Labute approximate surface area is 125 Å². The van der Waals surface area contributed by atoms with Crippen LogP contribution in [0.2, 0.25) is 0 Å². The average Bonchev–Trinajstić information content (AvgIpc) is 2.46. The molecule has 1 unspecified atom stereocenters. The molecule has 1 aliphatic rings. The van der Waals surface area contributed by atoms with E-state index in [1.54, 1.807) is 12.0 Å². The molecule has 0 saturated carbocycles. The van der Waals surface area contributed by atoms with Gasteiger partial charge in [0.1, 0.15) is 5.75 Å². The summed E-state index contributed by atoms with van der Waals surface area (Å²) in [5, 5.41) is 2.88. The highest BCUT2D eigenvalue weighted by atomic mass is 16.5. The lowest BCUT2D eigenvalue weighted by atomic mass is 10.1. The minimum Gasteiger partial charge on any atom is -0.497 e. The van der Waals surface area contributed by atoms with Crippen molar-refractivity contribution in [1.82, 2.24) is 4.90 Å². The second kappa shape index (κ2) is 6.32. The van der Waals surface area contributed by atoms with E-state index >= 15 is 0 Å². The maximum atomic E-state index is 12.4. The molecule has 1 saturated heterocycles. The molecule has 3 N–H and O–H groups in total. The third-order valence-electron chi connectivity index (χ3n) is 3.37. The van der Waals surface area contributed by atoms with Gasteiger partial charge in [-0.3, -0.25) is 0 Å². The van der Waals surface area contributed by atoms with Crippen LogP contribution in [0.3, 0.4) is 0 Å². The molecule has 2 amide bonds. The number of nitrogens with zero attached hydrogens (tertiary/aromatic N) is 1. The van der Waals surface area contributed by atoms with Gasteiger partial charge in [0.2, 0.25) is 0 Å². The summed E-state index contributed by atoms with van der Waals surface area (Å²) in [6.45, 7) is 5.36. The van der Waals surface area contributed by atoms with Crippen molar-refractivity contribution in [3.8, 4) is 5.75 Å². The van der Waals surface area contributed by atoms with Gasteiger partial charge < -0.3 is 25.4 Å². The third kappa shape index (κ3) is 4.09. The highest BCUT2D eigenvalue weighted by Crippen LogP contribution is 2.22. The molecule has 1 aliphatic heterocycles. The summed E-state index contributed by atoms with van der Waals surface area (Å²) in [6, 6.07) is 7.09. The summed E-state index contributed by atoms with van der Waals surface area (Å²) in [5.74, 6) is 0.753. The lowest BCUT2D eigenvalue weighted by Gasteiger charge is -2.42. The highest BCUT2D eigenvalue weighted by Gasteiger charge is 2.35. The molecule has 0 bridgehead atoms. The van der Waals surface area contributed by atoms with E-state index in [0.717, 1.165) is 11.4 Å². The number of benzene rings is 1. The first-order valence-electron chi connectivity index (χ1n) is 7.01. The Morgan fingerprint density at radius 1 is 1.48 bits per heavy atom. The molecule has 6 heteroatoms. The van der Waals surface area contributed by atoms with Crippen molar-refractivity contribution >= 4 is 11.7 Å². The van der Waals surface area contributed by atoms with Crippen LogP contribution >= 0.6 is 0 Å². The third-order valence-corrected chi connectivity index (χ3v) is 3.37. The van der Waals surface area contributed by atoms with Gasteiger partial charge in [-0.2, -0.15) is 0 Å². The van der Waals surface area contributed by atoms with Crippen LogP contribution in [0.25, 0.3) is 0 Å². The monoisotopic (exact) mass is 293 g/mol. The molecule has 21 heavy (non-hydrogen) atoms. The highest BCUT2D eigenvalue weighted by molar-refractivity contribution is 5.89. The van der Waals surface area contributed by atoms with Crippen LogP contribution in [-0.4, -0.2) is 49.4 Å². The molecule has 0 radical (unpaired) electrons. The maximum Gasteiger partial charge on any atom is 0.322 e. The lowest BCUT2D eigenvalue weighted by Crippen LogP contribution is -2.57. The number of hydrogen-bond acceptors (Lipinski definition) is 4. The van der Waals surface area contributed by atoms with Crippen LogP contribution < -0.4 is 15.8 Å². The van der Waals surface area contributed by atoms with Crippen molar-refractivity contribution < 1.29 is 14.3 Å². The molecule has 0 aromatic heterocycles. The van der Waals surface area contributed by atoms with Crippen LogP contribution in [0, 0.1) is 0 Å². The first-order valence-corrected chi connectivity index (χ1v) is 7.01. The normalized spacial score (nSPS) is 21.0. The van der Waals surface area contributed by atoms with Gasteiger partial charge in [0, 0.05) is 18.8 Å². The van der Waals surface area contributed by atoms with E-state index in [2.05, 4.69) is 5.32 Å². The van der Waals surface area contributed by atoms with Crippen molar-refractivity contribution in [2.24, 2.45) is 5.73 Å². The summed E-state index contributed by atoms with van der Waals surface area (Å²) in [7, 11) is 1.61. The van der Waals surface area contributed by atoms with Crippen LogP contribution in [-0.2, 0) is 4.74 Å². The summed E-state index contributed by atoms with van der Waals surface area (Å²) >= 11 is 0. The molecule has 6 nitrogen and oxygen atoms in total. The second-order valence-corrected chi connectivity index (χ2v) is 5.77. The number of amides is 2. The molecule has 1 heterocycles. The number of hydrogen-bond donors (Lipinski definition) is 2. The van der Waals surface area contributed by atoms with Gasteiger partial charge in [-0.25, -0.2) is 4.79 Å². The largest absolute Gasteiger partial charge is 0.497 e. The number of carbonyl (C=O) groups is 1. The van der Waals surface area contributed by atoms with Crippen LogP contribution in [0.5, 0.6) is 5.75 Å². The minimum absolute atomic E-state index is 0.129. The SMILES string of the molecule is COc1ccc(NC(=O)N2CC(CN)OC(C)(C)C2)cc1. The van der Waals surface area contributed by atoms with E-state index < -0.39 is 0 Å². The van der Waals surface area contributed by atoms with Gasteiger partial charge in [-0.05, 0) is 38.1 Å². The first kappa shape index (κ1) is 15.6. The number of anilines is 1. The molecular weight excluding hydrogens is 270 g/mol. The number of methoxy groups -OCH3 is 1. The molecular formula is C15H23N3O3. The topological polar surface area (TPSA) is 76.8 Å². The summed E-state index contributed by atoms with van der Waals surface area (Å²) < 4.78 is 10.9. The molecule has 0 spiro atoms. The van der Waals surface area contributed by atoms with Crippen molar-refractivity contribution in [2.45, 2.75) is 25.6 Å². The first-order chi connectivity index (χ1) is 9.93. The molecule has 116 valence electrons. The smallest absolute Gasteiger partial charge is 0.322 e. The Balaban J connectivity index is 2.01. The molecule has 1 fully saturated rings. The van der Waals surface area contributed by atoms with E-state index in [9.17, 15) is 4.79 Å². The zero-order chi connectivity index (χ0) is 15.5. The minimum atomic E-state index is -0.389. The summed E-state index contributed by atoms with van der Waals surface area (Å²) in [4.78, 5) is 14.1. The zero-order valence-corrected chi connectivity index (χ0v) is 12.8. The molecule has 2 rings (SSSR count). The summed E-state index contributed by atoms with van der Waals surface area (Å²) in [6.07, 6.45) is -0.129. The van der Waals surface area contributed by atoms with Crippen molar-refractivity contribution in [2.75, 3.05) is 32.1 Å². The standard InChI is InChI=1S/C15H23N3O3/c1-15(2)10-18(9-13(8-16)21-15)14(19)17-11-4-6-12(20-3)7-5-11/h4-7,13H,8-10,16H2,1-3H3,(H,17,19). The van der Waals surface area contributed by atoms with Crippen molar-refractivity contribution in [1.29, 1.82) is 0 Å². The average molecular weight is 293 g/mol. The molecule has 1 atom stereocenters. The van der Waals surface area contributed by atoms with Gasteiger partial charge in [-0.1, -0.05) is 0 Å². The van der Waals surface area contributed by atoms with Gasteiger partial charge in [0.25, 0.3) is 0 Å². The number of urea groups is 1. The van der Waals surface area contributed by atoms with E-state index in [4.69, 9.17) is 15.2 Å². The number of carbonyl (C=O) groups excluding carboxylic acids is 1. The Bertz CT molecular complexity index is 487. The van der Waals surface area contributed by atoms with Crippen molar-refractivity contribution in [3.05, 3.63) is 24.3 Å². The fraction of sp³-hybridized carbons (Fsp3) is 0.533. The van der Waals surface area contributed by atoms with E-state index in [1.165, 1.54) is 0 Å². The molecule has 1 aromatic rings. The van der Waals surface area contributed by atoms with Gasteiger partial charge in [-0.15, -0.1) is 0 Å². The summed E-state index contributed by atoms with van der Waals surface area (Å²) in [5.41, 5.74) is 6.02. The van der Waals surface area contributed by atoms with Crippen LogP contribution in [0.4, 0.5) is 10.5 Å². The fourth-order valence-corrected chi connectivity index (χ4v) is 2.45. The van der Waals surface area contributed by atoms with Crippen LogP contribution in [0.1, 0.15) is 13.8 Å². The predicted molar refractivity (Wildman–Crippen MR) is 81.6 cm³/mol. The van der Waals surface area contributed by atoms with Crippen LogP contribution in [0.15, 0.2) is 24.3 Å². The van der Waals surface area contributed by atoms with Gasteiger partial charge in [0.05, 0.1) is 25.4 Å². The second-order valence-electron chi connectivity index (χ2n) is 5.77. The van der Waals surface area contributed by atoms with Gasteiger partial charge >= 0.3 is 6.03 Å². The Kier molecular flexibility index (Phi) is 4.69. The van der Waals surface area contributed by atoms with E-state index in [0.29, 0.717) is 19.6 Å². The quantitative estimate of drug-likeness (QED) is 0.888. The predicted octanol–water partition coefficient (Wildman–Crippen LogP) is 1.67. The molecule has 0 aliphatic carbocycles. The number of rotatable bonds is 3. The van der Waals surface area contributed by atoms with E-state index in [-0.39, 0.29) is 17.7 Å². The zero-order valence-electron chi connectivity index (χ0n) is 12.8. The van der Waals surface area contributed by atoms with E-state index in [1.807, 2.05) is 38.1 Å². The number of morpholine rings is 1. The van der Waals surface area contributed by atoms with Gasteiger partial charge in [0.15, 0.2) is 0 Å². The Morgan fingerprint density at radius 3 is 2.71 bits per heavy atom. The fourth-order valence-electron chi connectivity index (χ4n) is 2.45. The Morgan fingerprint density at radius 2 is 2.14 bits per heavy atom. The maximum absolute atomic E-state index is 12.4. The number of nitrogens with two attached hydrogens (primary N) is 1. The number of nitrogens with one attached hydrogen (secondary N) is 1. The Hall–Kier alpha value is -1.79. The lowest BCUT2D eigenvalue weighted by molar-refractivity contribution is -0.119. The van der Waals surface area contributed by atoms with Crippen molar-refractivity contribution in [3.63, 3.8) is 0 Å². The molecule has 1 aromatic carbocycles.